The van der Waals surface area contributed by atoms with Gasteiger partial charge in [0, 0.05) is 6.61 Å². The molecule has 0 spiro atoms. The molecule has 208 valence electrons. The molecule has 1 N–H and O–H groups in total. The van der Waals surface area contributed by atoms with Crippen molar-refractivity contribution in [2.45, 2.75) is 114 Å². The summed E-state index contributed by atoms with van der Waals surface area (Å²) in [5.41, 5.74) is 3.00. The molecule has 2 aromatic rings. The van der Waals surface area contributed by atoms with Crippen LogP contribution in [0.15, 0.2) is 48.5 Å². The zero-order chi connectivity index (χ0) is 28.2. The minimum Gasteiger partial charge on any atom is -0.508 e. The molecular weight excluding hydrogens is 456 g/mol. The normalized spacial score (nSPS) is 15.8. The fourth-order valence-electron chi connectivity index (χ4n) is 5.52. The van der Waals surface area contributed by atoms with Crippen molar-refractivity contribution < 1.29 is 14.6 Å². The second-order valence-corrected chi connectivity index (χ2v) is 14.3. The van der Waals surface area contributed by atoms with Crippen molar-refractivity contribution >= 4 is 0 Å². The number of benzene rings is 2. The largest absolute Gasteiger partial charge is 0.508 e. The predicted octanol–water partition coefficient (Wildman–Crippen LogP) is 9.95. The standard InChI is InChI=1S/C34H54O3/c1-13-36-24(2)37-28-20-16-26(17-21-28)30(22-31(3,4)5)34(11,12)33(9,10)23-29(32(6,7)8)25-14-18-27(35)19-15-25/h14-21,24,29-30,35H,13,22-23H2,1-12H3. The Morgan fingerprint density at radius 3 is 1.65 bits per heavy atom. The number of phenolic OH excluding ortho intramolecular Hbond substituents is 1. The summed E-state index contributed by atoms with van der Waals surface area (Å²) in [6.07, 6.45) is 1.89. The van der Waals surface area contributed by atoms with Crippen LogP contribution >= 0.6 is 0 Å². The maximum Gasteiger partial charge on any atom is 0.196 e. The van der Waals surface area contributed by atoms with Gasteiger partial charge in [-0.3, -0.25) is 0 Å². The average molecular weight is 511 g/mol. The van der Waals surface area contributed by atoms with Crippen molar-refractivity contribution in [2.24, 2.45) is 21.7 Å². The van der Waals surface area contributed by atoms with Gasteiger partial charge in [-0.05, 0) is 95.6 Å². The molecule has 0 aromatic heterocycles. The minimum absolute atomic E-state index is 0.0156. The zero-order valence-electron chi connectivity index (χ0n) is 25.7. The van der Waals surface area contributed by atoms with Crippen molar-refractivity contribution in [1.82, 2.24) is 0 Å². The first-order valence-corrected chi connectivity index (χ1v) is 14.0. The molecule has 0 fully saturated rings. The molecule has 3 heteroatoms. The number of aromatic hydroxyl groups is 1. The van der Waals surface area contributed by atoms with Crippen LogP contribution in [0.1, 0.15) is 119 Å². The van der Waals surface area contributed by atoms with Crippen LogP contribution < -0.4 is 4.74 Å². The number of phenols is 1. The zero-order valence-corrected chi connectivity index (χ0v) is 25.7. The van der Waals surface area contributed by atoms with E-state index in [1.165, 1.54) is 11.1 Å². The van der Waals surface area contributed by atoms with Gasteiger partial charge in [0.1, 0.15) is 11.5 Å². The molecule has 0 amide bonds. The lowest BCUT2D eigenvalue weighted by Gasteiger charge is -2.51. The predicted molar refractivity (Wildman–Crippen MR) is 157 cm³/mol. The lowest BCUT2D eigenvalue weighted by molar-refractivity contribution is -0.0613. The Labute approximate surface area is 228 Å². The molecule has 0 heterocycles. The topological polar surface area (TPSA) is 38.7 Å². The van der Waals surface area contributed by atoms with E-state index < -0.39 is 0 Å². The molecule has 0 aliphatic rings. The van der Waals surface area contributed by atoms with Crippen LogP contribution in [0.3, 0.4) is 0 Å². The first kappa shape index (κ1) is 31.2. The molecule has 3 atom stereocenters. The number of hydrogen-bond acceptors (Lipinski definition) is 3. The summed E-state index contributed by atoms with van der Waals surface area (Å²) in [5.74, 6) is 1.91. The van der Waals surface area contributed by atoms with E-state index in [0.717, 1.165) is 18.6 Å². The molecule has 0 saturated heterocycles. The first-order valence-electron chi connectivity index (χ1n) is 14.0. The van der Waals surface area contributed by atoms with Crippen LogP contribution in [-0.4, -0.2) is 18.0 Å². The first-order chi connectivity index (χ1) is 16.9. The third-order valence-electron chi connectivity index (χ3n) is 8.47. The third-order valence-corrected chi connectivity index (χ3v) is 8.47. The summed E-state index contributed by atoms with van der Waals surface area (Å²) in [6, 6.07) is 16.5. The van der Waals surface area contributed by atoms with Gasteiger partial charge in [-0.25, -0.2) is 0 Å². The maximum absolute atomic E-state index is 9.89. The van der Waals surface area contributed by atoms with Crippen LogP contribution in [-0.2, 0) is 4.74 Å². The van der Waals surface area contributed by atoms with Gasteiger partial charge >= 0.3 is 0 Å². The van der Waals surface area contributed by atoms with Crippen molar-refractivity contribution in [3.63, 3.8) is 0 Å². The fraction of sp³-hybridized carbons (Fsp3) is 0.647. The van der Waals surface area contributed by atoms with E-state index in [9.17, 15) is 5.11 Å². The second-order valence-electron chi connectivity index (χ2n) is 14.3. The molecule has 37 heavy (non-hydrogen) atoms. The molecule has 2 aromatic carbocycles. The summed E-state index contributed by atoms with van der Waals surface area (Å²) in [6.45, 7) is 28.4. The Morgan fingerprint density at radius 1 is 0.703 bits per heavy atom. The SMILES string of the molecule is CCOC(C)Oc1ccc(C(CC(C)(C)C)C(C)(C)C(C)(C)CC(c2ccc(O)cc2)C(C)(C)C)cc1. The van der Waals surface area contributed by atoms with E-state index in [0.29, 0.717) is 24.2 Å². The lowest BCUT2D eigenvalue weighted by Crippen LogP contribution is -2.41. The van der Waals surface area contributed by atoms with Crippen LogP contribution in [0.25, 0.3) is 0 Å². The highest BCUT2D eigenvalue weighted by atomic mass is 16.7. The van der Waals surface area contributed by atoms with Gasteiger partial charge in [-0.2, -0.15) is 0 Å². The highest BCUT2D eigenvalue weighted by molar-refractivity contribution is 5.32. The van der Waals surface area contributed by atoms with Crippen molar-refractivity contribution in [3.05, 3.63) is 59.7 Å². The molecule has 0 bridgehead atoms. The van der Waals surface area contributed by atoms with E-state index in [4.69, 9.17) is 9.47 Å². The maximum atomic E-state index is 9.89. The van der Waals surface area contributed by atoms with Gasteiger partial charge in [0.2, 0.25) is 0 Å². The molecule has 0 aliphatic carbocycles. The molecule has 3 unspecified atom stereocenters. The number of rotatable bonds is 11. The highest BCUT2D eigenvalue weighted by Gasteiger charge is 2.47. The third kappa shape index (κ3) is 8.50. The Morgan fingerprint density at radius 2 is 1.19 bits per heavy atom. The molecule has 0 aliphatic heterocycles. The van der Waals surface area contributed by atoms with Crippen molar-refractivity contribution in [2.75, 3.05) is 6.61 Å². The van der Waals surface area contributed by atoms with Gasteiger partial charge in [-0.15, -0.1) is 0 Å². The summed E-state index contributed by atoms with van der Waals surface area (Å²) >= 11 is 0. The van der Waals surface area contributed by atoms with Crippen LogP contribution in [0.2, 0.25) is 0 Å². The van der Waals surface area contributed by atoms with Gasteiger partial charge in [-0.1, -0.05) is 93.5 Å². The lowest BCUT2D eigenvalue weighted by atomic mass is 9.53. The summed E-state index contributed by atoms with van der Waals surface area (Å²) in [7, 11) is 0. The Kier molecular flexibility index (Phi) is 9.96. The summed E-state index contributed by atoms with van der Waals surface area (Å²) in [5, 5.41) is 9.89. The molecule has 3 nitrogen and oxygen atoms in total. The van der Waals surface area contributed by atoms with E-state index in [-0.39, 0.29) is 27.9 Å². The van der Waals surface area contributed by atoms with Crippen LogP contribution in [0.5, 0.6) is 11.5 Å². The van der Waals surface area contributed by atoms with Crippen LogP contribution in [0.4, 0.5) is 0 Å². The average Bonchev–Trinajstić information content (AvgIpc) is 2.76. The number of ether oxygens (including phenoxy) is 2. The monoisotopic (exact) mass is 510 g/mol. The smallest absolute Gasteiger partial charge is 0.196 e. The van der Waals surface area contributed by atoms with Crippen LogP contribution in [0, 0.1) is 21.7 Å². The summed E-state index contributed by atoms with van der Waals surface area (Å²) < 4.78 is 11.5. The van der Waals surface area contributed by atoms with E-state index >= 15 is 0 Å². The second kappa shape index (κ2) is 11.8. The van der Waals surface area contributed by atoms with Crippen molar-refractivity contribution in [1.29, 1.82) is 0 Å². The Balaban J connectivity index is 2.44. The minimum atomic E-state index is -0.258. The molecule has 2 rings (SSSR count). The highest BCUT2D eigenvalue weighted by Crippen LogP contribution is 2.57. The van der Waals surface area contributed by atoms with Gasteiger partial charge in [0.05, 0.1) is 0 Å². The molecular formula is C34H54O3. The molecule has 0 saturated carbocycles. The van der Waals surface area contributed by atoms with E-state index in [2.05, 4.69) is 106 Å². The van der Waals surface area contributed by atoms with Gasteiger partial charge in [0.15, 0.2) is 6.29 Å². The van der Waals surface area contributed by atoms with Gasteiger partial charge in [0.25, 0.3) is 0 Å². The molecule has 0 radical (unpaired) electrons. The van der Waals surface area contributed by atoms with Gasteiger partial charge < -0.3 is 14.6 Å². The fourth-order valence-corrected chi connectivity index (χ4v) is 5.52. The van der Waals surface area contributed by atoms with E-state index in [1.54, 1.807) is 0 Å². The Bertz CT molecular complexity index is 956. The quantitative estimate of drug-likeness (QED) is 0.306. The van der Waals surface area contributed by atoms with Crippen molar-refractivity contribution in [3.8, 4) is 11.5 Å². The number of hydrogen-bond donors (Lipinski definition) is 1. The summed E-state index contributed by atoms with van der Waals surface area (Å²) in [4.78, 5) is 0. The van der Waals surface area contributed by atoms with E-state index in [1.807, 2.05) is 26.0 Å². The Hall–Kier alpha value is -2.00.